The van der Waals surface area contributed by atoms with Crippen LogP contribution >= 0.6 is 11.6 Å². The Morgan fingerprint density at radius 3 is 2.45 bits per heavy atom. The second-order valence-electron chi connectivity index (χ2n) is 7.82. The quantitative estimate of drug-likeness (QED) is 0.239. The molecule has 0 saturated carbocycles. The van der Waals surface area contributed by atoms with Gasteiger partial charge in [0, 0.05) is 12.0 Å². The summed E-state index contributed by atoms with van der Waals surface area (Å²) in [6.45, 7) is 0.418. The van der Waals surface area contributed by atoms with E-state index in [0.29, 0.717) is 29.6 Å². The summed E-state index contributed by atoms with van der Waals surface area (Å²) < 4.78 is 11.2. The molecule has 1 heterocycles. The molecule has 3 aromatic carbocycles. The molecule has 0 spiro atoms. The van der Waals surface area contributed by atoms with Crippen molar-refractivity contribution in [2.24, 2.45) is 0 Å². The Morgan fingerprint density at radius 2 is 1.73 bits per heavy atom. The molecule has 0 amide bonds. The van der Waals surface area contributed by atoms with Crippen LogP contribution in [0, 0.1) is 0 Å². The van der Waals surface area contributed by atoms with Crippen LogP contribution in [0.25, 0.3) is 11.1 Å². The molecule has 0 saturated heterocycles. The number of ether oxygens (including phenoxy) is 2. The second kappa shape index (κ2) is 9.14. The average molecular weight is 457 g/mol. The minimum absolute atomic E-state index is 0.370. The van der Waals surface area contributed by atoms with Gasteiger partial charge in [-0.15, -0.1) is 0 Å². The first-order valence-corrected chi connectivity index (χ1v) is 11.0. The van der Waals surface area contributed by atoms with Crippen LogP contribution in [0.1, 0.15) is 44.7 Å². The van der Waals surface area contributed by atoms with Crippen LogP contribution in [0.5, 0.6) is 0 Å². The van der Waals surface area contributed by atoms with Crippen LogP contribution in [0.3, 0.4) is 0 Å². The number of aromatic nitrogens is 2. The van der Waals surface area contributed by atoms with Gasteiger partial charge in [-0.25, -0.2) is 14.8 Å². The molecule has 1 aliphatic carbocycles. The van der Waals surface area contributed by atoms with Gasteiger partial charge >= 0.3 is 5.97 Å². The molecule has 0 bridgehead atoms. The third kappa shape index (κ3) is 4.25. The van der Waals surface area contributed by atoms with E-state index in [4.69, 9.17) is 26.1 Å². The van der Waals surface area contributed by atoms with Crippen LogP contribution < -0.4 is 0 Å². The van der Waals surface area contributed by atoms with Crippen molar-refractivity contribution in [1.82, 2.24) is 9.97 Å². The highest BCUT2D eigenvalue weighted by atomic mass is 35.5. The Bertz CT molecular complexity index is 1310. The summed E-state index contributed by atoms with van der Waals surface area (Å²) >= 11 is 6.68. The van der Waals surface area contributed by atoms with Crippen LogP contribution in [-0.2, 0) is 22.5 Å². The van der Waals surface area contributed by atoms with Gasteiger partial charge in [-0.1, -0.05) is 78.3 Å². The number of nitrogens with zero attached hydrogens (tertiary/aromatic N) is 2. The predicted octanol–water partition coefficient (Wildman–Crippen LogP) is 5.79. The van der Waals surface area contributed by atoms with Crippen LogP contribution in [-0.4, -0.2) is 23.0 Å². The minimum atomic E-state index is -0.469. The van der Waals surface area contributed by atoms with Crippen molar-refractivity contribution in [1.29, 1.82) is 0 Å². The first kappa shape index (κ1) is 21.3. The Morgan fingerprint density at radius 1 is 1.00 bits per heavy atom. The van der Waals surface area contributed by atoms with Crippen LogP contribution in [0.2, 0.25) is 5.15 Å². The molecule has 5 nitrogen and oxygen atoms in total. The summed E-state index contributed by atoms with van der Waals surface area (Å²) in [5.74, 6) is 0.145. The van der Waals surface area contributed by atoms with Crippen molar-refractivity contribution in [3.8, 4) is 11.1 Å². The summed E-state index contributed by atoms with van der Waals surface area (Å²) in [4.78, 5) is 21.5. The normalized spacial score (nSPS) is 12.7. The number of methoxy groups -OCH3 is 1. The third-order valence-electron chi connectivity index (χ3n) is 5.71. The molecule has 6 heteroatoms. The lowest BCUT2D eigenvalue weighted by atomic mass is 10.0. The summed E-state index contributed by atoms with van der Waals surface area (Å²) in [5, 5.41) is 0.379. The zero-order valence-electron chi connectivity index (χ0n) is 18.0. The molecule has 0 radical (unpaired) electrons. The molecule has 1 unspecified atom stereocenters. The third-order valence-corrected chi connectivity index (χ3v) is 5.98. The molecule has 4 aromatic rings. The number of carbonyl (C=O) groups is 1. The number of fused-ring (bicyclic) bond motifs is 3. The highest BCUT2D eigenvalue weighted by molar-refractivity contribution is 6.32. The SMILES string of the molecule is COC(=O)c1ccc2c(c1)Cc1nc(C(OCc3ccccc3)c3ccccc3)nc(Cl)c1-2. The van der Waals surface area contributed by atoms with Crippen molar-refractivity contribution in [3.63, 3.8) is 0 Å². The Kier molecular flexibility index (Phi) is 5.90. The first-order chi connectivity index (χ1) is 16.1. The maximum Gasteiger partial charge on any atom is 0.337 e. The van der Waals surface area contributed by atoms with Crippen molar-refractivity contribution < 1.29 is 14.3 Å². The number of esters is 1. The molecule has 33 heavy (non-hydrogen) atoms. The number of rotatable bonds is 6. The highest BCUT2D eigenvalue weighted by Gasteiger charge is 2.28. The molecular weight excluding hydrogens is 436 g/mol. The van der Waals surface area contributed by atoms with E-state index >= 15 is 0 Å². The van der Waals surface area contributed by atoms with E-state index < -0.39 is 6.10 Å². The van der Waals surface area contributed by atoms with Gasteiger partial charge in [0.05, 0.1) is 25.0 Å². The van der Waals surface area contributed by atoms with Gasteiger partial charge in [0.2, 0.25) is 0 Å². The predicted molar refractivity (Wildman–Crippen MR) is 126 cm³/mol. The molecule has 0 N–H and O–H groups in total. The van der Waals surface area contributed by atoms with E-state index in [0.717, 1.165) is 33.5 Å². The fourth-order valence-corrected chi connectivity index (χ4v) is 4.41. The Balaban J connectivity index is 1.51. The topological polar surface area (TPSA) is 61.3 Å². The van der Waals surface area contributed by atoms with Crippen molar-refractivity contribution in [2.75, 3.05) is 7.11 Å². The lowest BCUT2D eigenvalue weighted by molar-refractivity contribution is 0.0600. The molecule has 1 aromatic heterocycles. The van der Waals surface area contributed by atoms with Gasteiger partial charge in [0.15, 0.2) is 5.82 Å². The fraction of sp³-hybridized carbons (Fsp3) is 0.148. The number of benzene rings is 3. The summed E-state index contributed by atoms with van der Waals surface area (Å²) in [6.07, 6.45) is 0.0915. The largest absolute Gasteiger partial charge is 0.465 e. The van der Waals surface area contributed by atoms with E-state index in [1.54, 1.807) is 6.07 Å². The first-order valence-electron chi connectivity index (χ1n) is 10.6. The molecular formula is C27H21ClN2O3. The molecule has 1 atom stereocenters. The smallest absolute Gasteiger partial charge is 0.337 e. The van der Waals surface area contributed by atoms with Gasteiger partial charge in [-0.05, 0) is 34.4 Å². The summed E-state index contributed by atoms with van der Waals surface area (Å²) in [7, 11) is 1.37. The molecule has 0 aliphatic heterocycles. The van der Waals surface area contributed by atoms with Crippen LogP contribution in [0.15, 0.2) is 78.9 Å². The average Bonchev–Trinajstić information content (AvgIpc) is 3.23. The molecule has 1 aliphatic rings. The lowest BCUT2D eigenvalue weighted by Gasteiger charge is -2.18. The maximum atomic E-state index is 11.9. The molecule has 0 fully saturated rings. The van der Waals surface area contributed by atoms with E-state index in [9.17, 15) is 4.79 Å². The van der Waals surface area contributed by atoms with E-state index in [1.807, 2.05) is 72.8 Å². The fourth-order valence-electron chi connectivity index (χ4n) is 4.12. The van der Waals surface area contributed by atoms with Crippen molar-refractivity contribution in [3.05, 3.63) is 118 Å². The van der Waals surface area contributed by atoms with Gasteiger partial charge in [0.25, 0.3) is 0 Å². The van der Waals surface area contributed by atoms with Gasteiger partial charge in [-0.3, -0.25) is 0 Å². The van der Waals surface area contributed by atoms with Gasteiger partial charge < -0.3 is 9.47 Å². The Labute approximate surface area is 197 Å². The van der Waals surface area contributed by atoms with Crippen molar-refractivity contribution >= 4 is 17.6 Å². The lowest BCUT2D eigenvalue weighted by Crippen LogP contribution is -2.12. The number of carbonyl (C=O) groups excluding carboxylic acids is 1. The van der Waals surface area contributed by atoms with E-state index in [2.05, 4.69) is 4.98 Å². The minimum Gasteiger partial charge on any atom is -0.465 e. The van der Waals surface area contributed by atoms with E-state index in [1.165, 1.54) is 7.11 Å². The zero-order chi connectivity index (χ0) is 22.8. The van der Waals surface area contributed by atoms with Gasteiger partial charge in [0.1, 0.15) is 11.3 Å². The number of halogens is 1. The Hall–Kier alpha value is -3.54. The molecule has 164 valence electrons. The van der Waals surface area contributed by atoms with Gasteiger partial charge in [-0.2, -0.15) is 0 Å². The van der Waals surface area contributed by atoms with Crippen LogP contribution in [0.4, 0.5) is 0 Å². The number of hydrogen-bond acceptors (Lipinski definition) is 5. The summed E-state index contributed by atoms with van der Waals surface area (Å²) in [6, 6.07) is 25.3. The zero-order valence-corrected chi connectivity index (χ0v) is 18.8. The maximum absolute atomic E-state index is 11.9. The summed E-state index contributed by atoms with van der Waals surface area (Å²) in [5.41, 5.74) is 6.06. The highest BCUT2D eigenvalue weighted by Crippen LogP contribution is 2.41. The standard InChI is InChI=1S/C27H21ClN2O3/c1-32-27(31)19-12-13-21-20(14-19)15-22-23(21)25(28)30-26(29-22)24(18-10-6-3-7-11-18)33-16-17-8-4-2-5-9-17/h2-14,24H,15-16H2,1H3. The molecule has 5 rings (SSSR count). The monoisotopic (exact) mass is 456 g/mol. The second-order valence-corrected chi connectivity index (χ2v) is 8.18. The van der Waals surface area contributed by atoms with E-state index in [-0.39, 0.29) is 5.97 Å². The number of hydrogen-bond donors (Lipinski definition) is 0. The van der Waals surface area contributed by atoms with Crippen molar-refractivity contribution in [2.45, 2.75) is 19.1 Å².